The number of aromatic nitrogens is 6. The highest BCUT2D eigenvalue weighted by molar-refractivity contribution is 6.25. The number of furan rings is 1. The van der Waals surface area contributed by atoms with Crippen molar-refractivity contribution >= 4 is 82.2 Å². The van der Waals surface area contributed by atoms with Gasteiger partial charge in [0.2, 0.25) is 11.9 Å². The van der Waals surface area contributed by atoms with Gasteiger partial charge < -0.3 is 4.42 Å². The monoisotopic (exact) mass is 744 g/mol. The third-order valence-corrected chi connectivity index (χ3v) is 11.3. The molecular formula is C51H32N6O. The predicted octanol–water partition coefficient (Wildman–Crippen LogP) is 12.9. The molecule has 0 unspecified atom stereocenters. The molecule has 0 aliphatic carbocycles. The van der Waals surface area contributed by atoms with E-state index in [0.29, 0.717) is 17.5 Å². The molecule has 0 amide bonds. The number of hydrogen-bond donors (Lipinski definition) is 0. The van der Waals surface area contributed by atoms with Crippen molar-refractivity contribution in [2.24, 2.45) is 0 Å². The minimum atomic E-state index is 0.548. The molecule has 7 nitrogen and oxygen atoms in total. The summed E-state index contributed by atoms with van der Waals surface area (Å²) in [6, 6.07) is 56.1. The molecule has 58 heavy (non-hydrogen) atoms. The summed E-state index contributed by atoms with van der Waals surface area (Å²) in [7, 11) is 0. The lowest BCUT2D eigenvalue weighted by Gasteiger charge is -2.13. The molecule has 5 aromatic heterocycles. The fourth-order valence-corrected chi connectivity index (χ4v) is 8.88. The molecule has 0 atom stereocenters. The number of benzene rings is 7. The summed E-state index contributed by atoms with van der Waals surface area (Å²) in [6.45, 7) is 6.72. The van der Waals surface area contributed by atoms with Gasteiger partial charge in [0.05, 0.1) is 33.3 Å². The van der Waals surface area contributed by atoms with Crippen LogP contribution in [-0.4, -0.2) is 29.1 Å². The van der Waals surface area contributed by atoms with Crippen molar-refractivity contribution in [1.82, 2.24) is 29.1 Å². The van der Waals surface area contributed by atoms with Crippen LogP contribution in [0.2, 0.25) is 0 Å². The molecule has 0 radical (unpaired) electrons. The van der Waals surface area contributed by atoms with E-state index in [2.05, 4.69) is 132 Å². The molecule has 0 N–H and O–H groups in total. The molecule has 5 heterocycles. The Kier molecular flexibility index (Phi) is 6.86. The lowest BCUT2D eigenvalue weighted by atomic mass is 9.95. The molecule has 7 aromatic carbocycles. The van der Waals surface area contributed by atoms with Gasteiger partial charge in [-0.15, -0.1) is 0 Å². The van der Waals surface area contributed by atoms with Crippen LogP contribution in [0, 0.1) is 0 Å². The Morgan fingerprint density at radius 1 is 0.483 bits per heavy atom. The van der Waals surface area contributed by atoms with Crippen LogP contribution in [0.1, 0.15) is 12.5 Å². The summed E-state index contributed by atoms with van der Waals surface area (Å²) < 4.78 is 10.9. The van der Waals surface area contributed by atoms with Crippen LogP contribution in [0.15, 0.2) is 175 Å². The maximum absolute atomic E-state index is 6.50. The van der Waals surface area contributed by atoms with E-state index >= 15 is 0 Å². The van der Waals surface area contributed by atoms with Crippen LogP contribution in [0.5, 0.6) is 0 Å². The first-order valence-corrected chi connectivity index (χ1v) is 19.4. The summed E-state index contributed by atoms with van der Waals surface area (Å²) in [5, 5.41) is 6.30. The summed E-state index contributed by atoms with van der Waals surface area (Å²) >= 11 is 0. The average Bonchev–Trinajstić information content (AvgIpc) is 3.93. The Morgan fingerprint density at radius 3 is 1.62 bits per heavy atom. The topological polar surface area (TPSA) is 74.6 Å². The fraction of sp³-hybridized carbons (Fsp3) is 0.0196. The maximum Gasteiger partial charge on any atom is 0.236 e. The SMILES string of the molecule is C=C(C)c1c2c3ccccc3n(-c3nc(-c4ccccc4)c4ccccc4n3)c2cc2c1c1ccccc1n2-c1nc(-c2ccccc2)c2oc3ccccc3c2n1. The average molecular weight is 745 g/mol. The standard InChI is InChI=1S/C51H32N6O/c1-30(2)43-44-34-22-10-14-26-38(34)56(50-52-37-25-13-9-21-33(37)46(53-50)31-17-5-3-6-18-31)40(44)29-41-45(43)35-23-11-15-27-39(35)57(41)51-54-47(32-19-7-4-8-20-32)49-48(55-51)36-24-12-16-28-42(36)58-49/h3-29H,1H2,2H3. The van der Waals surface area contributed by atoms with Crippen molar-refractivity contribution < 1.29 is 4.42 Å². The maximum atomic E-state index is 6.50. The Balaban J connectivity index is 1.25. The van der Waals surface area contributed by atoms with Crippen molar-refractivity contribution in [2.45, 2.75) is 6.92 Å². The van der Waals surface area contributed by atoms with Gasteiger partial charge in [0.1, 0.15) is 16.8 Å². The van der Waals surface area contributed by atoms with Gasteiger partial charge in [-0.3, -0.25) is 9.13 Å². The fourth-order valence-electron chi connectivity index (χ4n) is 8.88. The number of rotatable bonds is 5. The van der Waals surface area contributed by atoms with Crippen molar-refractivity contribution in [3.63, 3.8) is 0 Å². The summed E-state index contributed by atoms with van der Waals surface area (Å²) in [5.41, 5.74) is 12.6. The van der Waals surface area contributed by atoms with Gasteiger partial charge in [-0.25, -0.2) is 19.9 Å². The molecule has 0 bridgehead atoms. The van der Waals surface area contributed by atoms with Gasteiger partial charge in [-0.05, 0) is 54.5 Å². The van der Waals surface area contributed by atoms with Gasteiger partial charge in [0.25, 0.3) is 0 Å². The molecule has 0 fully saturated rings. The molecular weight excluding hydrogens is 713 g/mol. The van der Waals surface area contributed by atoms with Gasteiger partial charge in [-0.2, -0.15) is 0 Å². The van der Waals surface area contributed by atoms with Crippen LogP contribution in [0.3, 0.4) is 0 Å². The quantitative estimate of drug-likeness (QED) is 0.175. The molecule has 0 saturated heterocycles. The van der Waals surface area contributed by atoms with Gasteiger partial charge in [0, 0.05) is 43.4 Å². The molecule has 0 saturated carbocycles. The highest BCUT2D eigenvalue weighted by atomic mass is 16.3. The van der Waals surface area contributed by atoms with Crippen molar-refractivity contribution in [3.05, 3.63) is 176 Å². The third kappa shape index (κ3) is 4.61. The van der Waals surface area contributed by atoms with Crippen LogP contribution < -0.4 is 0 Å². The number of fused-ring (bicyclic) bond motifs is 10. The third-order valence-electron chi connectivity index (χ3n) is 11.3. The van der Waals surface area contributed by atoms with Crippen LogP contribution >= 0.6 is 0 Å². The van der Waals surface area contributed by atoms with Crippen molar-refractivity contribution in [2.75, 3.05) is 0 Å². The van der Waals surface area contributed by atoms with Gasteiger partial charge in [-0.1, -0.05) is 134 Å². The minimum Gasteiger partial charge on any atom is -0.452 e. The van der Waals surface area contributed by atoms with Gasteiger partial charge >= 0.3 is 0 Å². The second-order valence-corrected chi connectivity index (χ2v) is 14.8. The molecule has 12 aromatic rings. The van der Waals surface area contributed by atoms with E-state index in [9.17, 15) is 0 Å². The second-order valence-electron chi connectivity index (χ2n) is 14.8. The van der Waals surface area contributed by atoms with E-state index in [4.69, 9.17) is 24.4 Å². The highest BCUT2D eigenvalue weighted by Gasteiger charge is 2.26. The zero-order valence-electron chi connectivity index (χ0n) is 31.4. The zero-order valence-corrected chi connectivity index (χ0v) is 31.4. The molecule has 12 rings (SSSR count). The van der Waals surface area contributed by atoms with E-state index in [1.807, 2.05) is 54.6 Å². The molecule has 0 aliphatic rings. The Bertz CT molecular complexity index is 3650. The number of allylic oxidation sites excluding steroid dienone is 1. The smallest absolute Gasteiger partial charge is 0.236 e. The number of para-hydroxylation sites is 4. The highest BCUT2D eigenvalue weighted by Crippen LogP contribution is 2.45. The molecule has 0 aliphatic heterocycles. The second kappa shape index (κ2) is 12.3. The summed E-state index contributed by atoms with van der Waals surface area (Å²) in [4.78, 5) is 21.4. The normalized spacial score (nSPS) is 11.9. The lowest BCUT2D eigenvalue weighted by Crippen LogP contribution is -2.05. The lowest BCUT2D eigenvalue weighted by molar-refractivity contribution is 0.666. The van der Waals surface area contributed by atoms with Crippen molar-refractivity contribution in [1.29, 1.82) is 0 Å². The molecule has 7 heteroatoms. The largest absolute Gasteiger partial charge is 0.452 e. The first-order chi connectivity index (χ1) is 28.6. The number of nitrogens with zero attached hydrogens (tertiary/aromatic N) is 6. The summed E-state index contributed by atoms with van der Waals surface area (Å²) in [5.74, 6) is 1.14. The molecule has 272 valence electrons. The van der Waals surface area contributed by atoms with E-state index < -0.39 is 0 Å². The minimum absolute atomic E-state index is 0.548. The van der Waals surface area contributed by atoms with Gasteiger partial charge in [0.15, 0.2) is 5.58 Å². The summed E-state index contributed by atoms with van der Waals surface area (Å²) in [6.07, 6.45) is 0. The first-order valence-electron chi connectivity index (χ1n) is 19.4. The predicted molar refractivity (Wildman–Crippen MR) is 237 cm³/mol. The van der Waals surface area contributed by atoms with Crippen LogP contribution in [0.25, 0.3) is 117 Å². The van der Waals surface area contributed by atoms with E-state index in [0.717, 1.165) is 105 Å². The first kappa shape index (κ1) is 32.4. The Morgan fingerprint density at radius 2 is 0.983 bits per heavy atom. The van der Waals surface area contributed by atoms with E-state index in [1.54, 1.807) is 0 Å². The number of hydrogen-bond acceptors (Lipinski definition) is 5. The van der Waals surface area contributed by atoms with Crippen LogP contribution in [-0.2, 0) is 0 Å². The Labute approximate surface area is 331 Å². The zero-order chi connectivity index (χ0) is 38.5. The van der Waals surface area contributed by atoms with Crippen molar-refractivity contribution in [3.8, 4) is 34.4 Å². The van der Waals surface area contributed by atoms with Crippen LogP contribution in [0.4, 0.5) is 0 Å². The Hall–Kier alpha value is -7.90. The van der Waals surface area contributed by atoms with E-state index in [1.165, 1.54) is 0 Å². The van der Waals surface area contributed by atoms with E-state index in [-0.39, 0.29) is 0 Å². The molecule has 0 spiro atoms.